The molecule has 8 heteroatoms. The van der Waals surface area contributed by atoms with Crippen LogP contribution in [0.3, 0.4) is 0 Å². The van der Waals surface area contributed by atoms with Crippen molar-refractivity contribution in [2.45, 2.75) is 25.2 Å². The first-order valence-electron chi connectivity index (χ1n) is 9.80. The molecule has 1 fully saturated rings. The molecule has 1 aliphatic carbocycles. The Morgan fingerprint density at radius 1 is 1.00 bits per heavy atom. The first kappa shape index (κ1) is 20.4. The molecule has 30 heavy (non-hydrogen) atoms. The number of aromatic nitrogens is 3. The molecule has 0 unspecified atom stereocenters. The topological polar surface area (TPSA) is 86.5 Å². The van der Waals surface area contributed by atoms with Crippen molar-refractivity contribution in [3.63, 3.8) is 0 Å². The lowest BCUT2D eigenvalue weighted by Gasteiger charge is -2.11. The molecule has 0 atom stereocenters. The van der Waals surface area contributed by atoms with Crippen molar-refractivity contribution in [3.8, 4) is 17.5 Å². The molecule has 2 N–H and O–H groups in total. The van der Waals surface area contributed by atoms with Gasteiger partial charge in [0.2, 0.25) is 0 Å². The molecule has 1 aromatic carbocycles. The molecule has 2 aromatic heterocycles. The Morgan fingerprint density at radius 2 is 1.80 bits per heavy atom. The van der Waals surface area contributed by atoms with E-state index in [0.717, 1.165) is 55.2 Å². The zero-order valence-corrected chi connectivity index (χ0v) is 17.7. The maximum absolute atomic E-state index is 8.82. The van der Waals surface area contributed by atoms with Crippen molar-refractivity contribution < 1.29 is 0 Å². The Morgan fingerprint density at radius 3 is 2.47 bits per heavy atom. The number of nitriles is 1. The molecule has 0 radical (unpaired) electrons. The third-order valence-electron chi connectivity index (χ3n) is 4.77. The van der Waals surface area contributed by atoms with Gasteiger partial charge in [-0.2, -0.15) is 5.26 Å². The average Bonchev–Trinajstić information content (AvgIpc) is 3.59. The van der Waals surface area contributed by atoms with Crippen LogP contribution in [0.5, 0.6) is 0 Å². The normalized spacial score (nSPS) is 13.0. The van der Waals surface area contributed by atoms with Gasteiger partial charge in [0, 0.05) is 47.6 Å². The van der Waals surface area contributed by atoms with Crippen LogP contribution in [0.4, 0.5) is 11.6 Å². The van der Waals surface area contributed by atoms with E-state index in [-0.39, 0.29) is 0 Å². The number of halogens is 2. The lowest BCUT2D eigenvalue weighted by atomic mass is 10.2. The van der Waals surface area contributed by atoms with Crippen LogP contribution in [0.15, 0.2) is 42.6 Å². The number of nitrogens with one attached hydrogen (secondary N) is 2. The predicted molar refractivity (Wildman–Crippen MR) is 120 cm³/mol. The molecule has 0 amide bonds. The Bertz CT molecular complexity index is 1070. The molecule has 152 valence electrons. The van der Waals surface area contributed by atoms with Crippen LogP contribution in [0.2, 0.25) is 10.0 Å². The van der Waals surface area contributed by atoms with Gasteiger partial charge in [-0.3, -0.25) is 0 Å². The van der Waals surface area contributed by atoms with E-state index in [1.165, 1.54) is 0 Å². The lowest BCUT2D eigenvalue weighted by Crippen LogP contribution is -2.11. The molecule has 0 spiro atoms. The number of anilines is 2. The summed E-state index contributed by atoms with van der Waals surface area (Å²) in [4.78, 5) is 13.6. The van der Waals surface area contributed by atoms with Crippen molar-refractivity contribution >= 4 is 34.8 Å². The molecule has 1 saturated carbocycles. The molecule has 3 aromatic rings. The minimum absolute atomic E-state index is 0.502. The van der Waals surface area contributed by atoms with E-state index in [9.17, 15) is 0 Å². The maximum atomic E-state index is 8.82. The number of hydrogen-bond acceptors (Lipinski definition) is 6. The minimum atomic E-state index is 0.502. The van der Waals surface area contributed by atoms with Gasteiger partial charge < -0.3 is 10.6 Å². The Labute approximate surface area is 185 Å². The number of pyridine rings is 1. The summed E-state index contributed by atoms with van der Waals surface area (Å²) in [5.74, 6) is 2.67. The quantitative estimate of drug-likeness (QED) is 0.450. The Hall–Kier alpha value is -2.88. The first-order valence-corrected chi connectivity index (χ1v) is 10.6. The van der Waals surface area contributed by atoms with E-state index in [1.54, 1.807) is 30.5 Å². The highest BCUT2D eigenvalue weighted by molar-refractivity contribution is 6.36. The standard InChI is InChI=1S/C22H20Cl2N6/c23-16-5-6-17(18(24)10-16)22-29-19(15-3-4-15)11-21(30-22)27-9-1-8-26-20-7-2-14(12-25)13-28-20/h2,5-7,10-11,13,15H,1,3-4,8-9H2,(H,26,28)(H,27,29,30). The molecule has 6 nitrogen and oxygen atoms in total. The summed E-state index contributed by atoms with van der Waals surface area (Å²) in [6.45, 7) is 1.50. The predicted octanol–water partition coefficient (Wildman–Crippen LogP) is 5.51. The SMILES string of the molecule is N#Cc1ccc(NCCCNc2cc(C3CC3)nc(-c3ccc(Cl)cc3Cl)n2)nc1. The minimum Gasteiger partial charge on any atom is -0.370 e. The highest BCUT2D eigenvalue weighted by atomic mass is 35.5. The highest BCUT2D eigenvalue weighted by Crippen LogP contribution is 2.40. The molecule has 4 rings (SSSR count). The molecule has 0 saturated heterocycles. The van der Waals surface area contributed by atoms with E-state index < -0.39 is 0 Å². The summed E-state index contributed by atoms with van der Waals surface area (Å²) >= 11 is 12.4. The summed E-state index contributed by atoms with van der Waals surface area (Å²) in [5, 5.41) is 16.6. The van der Waals surface area contributed by atoms with Gasteiger partial charge in [0.1, 0.15) is 17.7 Å². The summed E-state index contributed by atoms with van der Waals surface area (Å²) in [6.07, 6.45) is 4.75. The highest BCUT2D eigenvalue weighted by Gasteiger charge is 2.26. The van der Waals surface area contributed by atoms with Crippen LogP contribution in [0.1, 0.15) is 36.4 Å². The molecular weight excluding hydrogens is 419 g/mol. The summed E-state index contributed by atoms with van der Waals surface area (Å²) in [5.41, 5.74) is 2.38. The largest absolute Gasteiger partial charge is 0.370 e. The number of rotatable bonds is 8. The van der Waals surface area contributed by atoms with Crippen molar-refractivity contribution in [1.82, 2.24) is 15.0 Å². The molecular formula is C22H20Cl2N6. The van der Waals surface area contributed by atoms with E-state index >= 15 is 0 Å². The van der Waals surface area contributed by atoms with Gasteiger partial charge in [-0.05, 0) is 49.6 Å². The summed E-state index contributed by atoms with van der Waals surface area (Å²) in [7, 11) is 0. The Kier molecular flexibility index (Phi) is 6.32. The van der Waals surface area contributed by atoms with Gasteiger partial charge in [0.15, 0.2) is 5.82 Å². The van der Waals surface area contributed by atoms with Gasteiger partial charge >= 0.3 is 0 Å². The molecule has 2 heterocycles. The van der Waals surface area contributed by atoms with Gasteiger partial charge in [0.05, 0.1) is 10.6 Å². The van der Waals surface area contributed by atoms with Gasteiger partial charge in [-0.15, -0.1) is 0 Å². The van der Waals surface area contributed by atoms with Crippen molar-refractivity contribution in [2.75, 3.05) is 23.7 Å². The van der Waals surface area contributed by atoms with Crippen molar-refractivity contribution in [1.29, 1.82) is 5.26 Å². The summed E-state index contributed by atoms with van der Waals surface area (Å²) in [6, 6.07) is 13.0. The Balaban J connectivity index is 1.38. The van der Waals surface area contributed by atoms with Gasteiger partial charge in [-0.1, -0.05) is 23.2 Å². The fourth-order valence-electron chi connectivity index (χ4n) is 3.02. The second kappa shape index (κ2) is 9.29. The number of nitrogens with zero attached hydrogens (tertiary/aromatic N) is 4. The van der Waals surface area contributed by atoms with Crippen LogP contribution in [-0.2, 0) is 0 Å². The fourth-order valence-corrected chi connectivity index (χ4v) is 3.51. The average molecular weight is 439 g/mol. The van der Waals surface area contributed by atoms with E-state index in [0.29, 0.717) is 27.4 Å². The second-order valence-electron chi connectivity index (χ2n) is 7.15. The molecule has 0 bridgehead atoms. The third kappa shape index (κ3) is 5.18. The maximum Gasteiger partial charge on any atom is 0.163 e. The fraction of sp³-hybridized carbons (Fsp3) is 0.273. The zero-order chi connectivity index (χ0) is 20.9. The van der Waals surface area contributed by atoms with Crippen molar-refractivity contribution in [2.24, 2.45) is 0 Å². The molecule has 0 aliphatic heterocycles. The number of benzene rings is 1. The van der Waals surface area contributed by atoms with Crippen LogP contribution in [0, 0.1) is 11.3 Å². The van der Waals surface area contributed by atoms with Gasteiger partial charge in [0.25, 0.3) is 0 Å². The number of hydrogen-bond donors (Lipinski definition) is 2. The van der Waals surface area contributed by atoms with E-state index in [4.69, 9.17) is 33.4 Å². The first-order chi connectivity index (χ1) is 14.6. The molecule has 1 aliphatic rings. The second-order valence-corrected chi connectivity index (χ2v) is 7.99. The van der Waals surface area contributed by atoms with E-state index in [2.05, 4.69) is 26.7 Å². The third-order valence-corrected chi connectivity index (χ3v) is 5.32. The van der Waals surface area contributed by atoms with Crippen LogP contribution >= 0.6 is 23.2 Å². The van der Waals surface area contributed by atoms with Crippen molar-refractivity contribution in [3.05, 3.63) is 63.9 Å². The van der Waals surface area contributed by atoms with Crippen LogP contribution < -0.4 is 10.6 Å². The smallest absolute Gasteiger partial charge is 0.163 e. The monoisotopic (exact) mass is 438 g/mol. The van der Waals surface area contributed by atoms with Gasteiger partial charge in [-0.25, -0.2) is 15.0 Å². The van der Waals surface area contributed by atoms with Crippen LogP contribution in [-0.4, -0.2) is 28.0 Å². The summed E-state index contributed by atoms with van der Waals surface area (Å²) < 4.78 is 0. The van der Waals surface area contributed by atoms with E-state index in [1.807, 2.05) is 12.1 Å². The zero-order valence-electron chi connectivity index (χ0n) is 16.2. The lowest BCUT2D eigenvalue weighted by molar-refractivity contribution is 0.893. The van der Waals surface area contributed by atoms with Crippen LogP contribution in [0.25, 0.3) is 11.4 Å².